The van der Waals surface area contributed by atoms with E-state index in [1.807, 2.05) is 4.90 Å². The number of hydrogen-bond donors (Lipinski definition) is 0. The van der Waals surface area contributed by atoms with Crippen LogP contribution in [-0.4, -0.2) is 22.9 Å². The molecule has 0 amide bonds. The molecule has 0 unspecified atom stereocenters. The average Bonchev–Trinajstić information content (AvgIpc) is 2.53. The molecule has 1 saturated carbocycles. The number of nitrogens with zero attached hydrogens (tertiary/aromatic N) is 3. The lowest BCUT2D eigenvalue weighted by atomic mass is 9.75. The summed E-state index contributed by atoms with van der Waals surface area (Å²) >= 11 is 0. The van der Waals surface area contributed by atoms with Gasteiger partial charge in [-0.3, -0.25) is 20.2 Å². The van der Waals surface area contributed by atoms with E-state index in [9.17, 15) is 20.2 Å². The van der Waals surface area contributed by atoms with E-state index in [0.29, 0.717) is 11.6 Å². The van der Waals surface area contributed by atoms with Crippen LogP contribution in [0, 0.1) is 32.1 Å². The quantitative estimate of drug-likeness (QED) is 0.629. The molecule has 1 aromatic rings. The van der Waals surface area contributed by atoms with Crippen molar-refractivity contribution in [1.82, 2.24) is 0 Å². The fourth-order valence-electron chi connectivity index (χ4n) is 3.86. The molecule has 0 bridgehead atoms. The van der Waals surface area contributed by atoms with Crippen LogP contribution >= 0.6 is 0 Å². The number of fused-ring (bicyclic) bond motifs is 1. The van der Waals surface area contributed by atoms with Gasteiger partial charge in [-0.1, -0.05) is 19.3 Å². The summed E-state index contributed by atoms with van der Waals surface area (Å²) in [5.41, 5.74) is 0.117. The molecule has 3 rings (SSSR count). The van der Waals surface area contributed by atoms with E-state index in [2.05, 4.69) is 0 Å². The third-order valence-corrected chi connectivity index (χ3v) is 5.00. The monoisotopic (exact) mass is 305 g/mol. The lowest BCUT2D eigenvalue weighted by Crippen LogP contribution is -2.42. The SMILES string of the molecule is O=[N+]([O-])c1ccc(N2CC[C@@H]3CCCC[C@@H]3C2)c([N+](=O)[O-])c1. The molecule has 2 atom stereocenters. The van der Waals surface area contributed by atoms with E-state index >= 15 is 0 Å². The van der Waals surface area contributed by atoms with E-state index in [4.69, 9.17) is 0 Å². The molecule has 1 heterocycles. The first kappa shape index (κ1) is 14.7. The molecular formula is C15H19N3O4. The molecule has 1 saturated heterocycles. The van der Waals surface area contributed by atoms with Gasteiger partial charge >= 0.3 is 0 Å². The summed E-state index contributed by atoms with van der Waals surface area (Å²) in [6.45, 7) is 1.61. The normalized spacial score (nSPS) is 24.6. The summed E-state index contributed by atoms with van der Waals surface area (Å²) in [5, 5.41) is 22.1. The van der Waals surface area contributed by atoms with Gasteiger partial charge in [0.25, 0.3) is 11.4 Å². The Morgan fingerprint density at radius 2 is 1.73 bits per heavy atom. The first-order chi connectivity index (χ1) is 10.6. The fourth-order valence-corrected chi connectivity index (χ4v) is 3.86. The number of piperidine rings is 1. The Morgan fingerprint density at radius 1 is 1.00 bits per heavy atom. The van der Waals surface area contributed by atoms with E-state index < -0.39 is 9.85 Å². The second kappa shape index (κ2) is 5.90. The van der Waals surface area contributed by atoms with E-state index in [-0.39, 0.29) is 11.4 Å². The van der Waals surface area contributed by atoms with Gasteiger partial charge in [-0.2, -0.15) is 0 Å². The number of nitro groups is 2. The Kier molecular flexibility index (Phi) is 3.96. The van der Waals surface area contributed by atoms with Crippen LogP contribution < -0.4 is 4.90 Å². The van der Waals surface area contributed by atoms with Crippen molar-refractivity contribution in [3.8, 4) is 0 Å². The van der Waals surface area contributed by atoms with Gasteiger partial charge in [0, 0.05) is 19.2 Å². The highest BCUT2D eigenvalue weighted by Gasteiger charge is 2.33. The molecule has 1 aliphatic carbocycles. The molecule has 0 aromatic heterocycles. The van der Waals surface area contributed by atoms with E-state index in [1.54, 1.807) is 0 Å². The van der Waals surface area contributed by atoms with Crippen molar-refractivity contribution in [1.29, 1.82) is 0 Å². The van der Waals surface area contributed by atoms with Crippen LogP contribution in [0.15, 0.2) is 18.2 Å². The lowest BCUT2D eigenvalue weighted by molar-refractivity contribution is -0.393. The minimum atomic E-state index is -0.593. The molecule has 1 aliphatic heterocycles. The van der Waals surface area contributed by atoms with Crippen molar-refractivity contribution in [3.05, 3.63) is 38.4 Å². The standard InChI is InChI=1S/C15H19N3O4/c19-17(20)13-5-6-14(15(9-13)18(21)22)16-8-7-11-3-1-2-4-12(11)10-16/h5-6,9,11-12H,1-4,7-8,10H2/t11-,12+/m0/s1. The highest BCUT2D eigenvalue weighted by atomic mass is 16.6. The van der Waals surface area contributed by atoms with Crippen molar-refractivity contribution in [2.24, 2.45) is 11.8 Å². The zero-order valence-electron chi connectivity index (χ0n) is 12.3. The summed E-state index contributed by atoms with van der Waals surface area (Å²) in [6.07, 6.45) is 6.03. The smallest absolute Gasteiger partial charge is 0.299 e. The van der Waals surface area contributed by atoms with Crippen molar-refractivity contribution < 1.29 is 9.85 Å². The number of non-ortho nitro benzene ring substituents is 1. The van der Waals surface area contributed by atoms with Crippen LogP contribution in [0.3, 0.4) is 0 Å². The Hall–Kier alpha value is -2.18. The minimum absolute atomic E-state index is 0.163. The Balaban J connectivity index is 1.87. The van der Waals surface area contributed by atoms with Gasteiger partial charge in [-0.25, -0.2) is 0 Å². The summed E-state index contributed by atoms with van der Waals surface area (Å²) in [4.78, 5) is 23.0. The largest absolute Gasteiger partial charge is 0.366 e. The molecule has 118 valence electrons. The molecule has 0 radical (unpaired) electrons. The number of rotatable bonds is 3. The number of anilines is 1. The van der Waals surface area contributed by atoms with Gasteiger partial charge in [-0.05, 0) is 30.7 Å². The summed E-state index contributed by atoms with van der Waals surface area (Å²) in [7, 11) is 0. The van der Waals surface area contributed by atoms with Gasteiger partial charge in [0.1, 0.15) is 5.69 Å². The molecule has 7 nitrogen and oxygen atoms in total. The van der Waals surface area contributed by atoms with E-state index in [1.165, 1.54) is 37.8 Å². The van der Waals surface area contributed by atoms with Crippen LogP contribution in [0.5, 0.6) is 0 Å². The summed E-state index contributed by atoms with van der Waals surface area (Å²) in [6, 6.07) is 3.96. The Bertz CT molecular complexity index is 604. The first-order valence-electron chi connectivity index (χ1n) is 7.74. The molecule has 2 fully saturated rings. The summed E-state index contributed by atoms with van der Waals surface area (Å²) in [5.74, 6) is 1.33. The molecule has 2 aliphatic rings. The maximum atomic E-state index is 11.3. The lowest BCUT2D eigenvalue weighted by Gasteiger charge is -2.42. The molecule has 0 spiro atoms. The van der Waals surface area contributed by atoms with Gasteiger partial charge < -0.3 is 4.90 Å². The molecule has 1 aromatic carbocycles. The van der Waals surface area contributed by atoms with E-state index in [0.717, 1.165) is 31.5 Å². The van der Waals surface area contributed by atoms with Crippen LogP contribution in [0.25, 0.3) is 0 Å². The second-order valence-electron chi connectivity index (χ2n) is 6.23. The Labute approximate surface area is 128 Å². The van der Waals surface area contributed by atoms with Crippen LogP contribution in [0.4, 0.5) is 17.1 Å². The van der Waals surface area contributed by atoms with Gasteiger partial charge in [0.05, 0.1) is 15.9 Å². The summed E-state index contributed by atoms with van der Waals surface area (Å²) < 4.78 is 0. The van der Waals surface area contributed by atoms with Crippen LogP contribution in [0.2, 0.25) is 0 Å². The topological polar surface area (TPSA) is 89.5 Å². The highest BCUT2D eigenvalue weighted by Crippen LogP contribution is 2.40. The van der Waals surface area contributed by atoms with Gasteiger partial charge in [-0.15, -0.1) is 0 Å². The number of nitro benzene ring substituents is 2. The Morgan fingerprint density at radius 3 is 2.41 bits per heavy atom. The predicted molar refractivity (Wildman–Crippen MR) is 82.0 cm³/mol. The van der Waals surface area contributed by atoms with Gasteiger partial charge in [0.2, 0.25) is 0 Å². The maximum Gasteiger partial charge on any atom is 0.299 e. The molecular weight excluding hydrogens is 286 g/mol. The van der Waals surface area contributed by atoms with Gasteiger partial charge in [0.15, 0.2) is 0 Å². The third kappa shape index (κ3) is 2.75. The second-order valence-corrected chi connectivity index (χ2v) is 6.23. The van der Waals surface area contributed by atoms with Crippen molar-refractivity contribution in [2.45, 2.75) is 32.1 Å². The zero-order valence-corrected chi connectivity index (χ0v) is 12.3. The number of benzene rings is 1. The predicted octanol–water partition coefficient (Wildman–Crippen LogP) is 3.52. The van der Waals surface area contributed by atoms with Crippen LogP contribution in [-0.2, 0) is 0 Å². The fraction of sp³-hybridized carbons (Fsp3) is 0.600. The van der Waals surface area contributed by atoms with Crippen LogP contribution in [0.1, 0.15) is 32.1 Å². The van der Waals surface area contributed by atoms with Crippen molar-refractivity contribution in [3.63, 3.8) is 0 Å². The molecule has 22 heavy (non-hydrogen) atoms. The highest BCUT2D eigenvalue weighted by molar-refractivity contribution is 5.67. The molecule has 0 N–H and O–H groups in total. The zero-order chi connectivity index (χ0) is 15.7. The molecule has 7 heteroatoms. The first-order valence-corrected chi connectivity index (χ1v) is 7.74. The maximum absolute atomic E-state index is 11.3. The average molecular weight is 305 g/mol. The van der Waals surface area contributed by atoms with Crippen molar-refractivity contribution >= 4 is 17.1 Å². The number of hydrogen-bond acceptors (Lipinski definition) is 5. The minimum Gasteiger partial charge on any atom is -0.366 e. The third-order valence-electron chi connectivity index (χ3n) is 5.00. The van der Waals surface area contributed by atoms with Crippen molar-refractivity contribution in [2.75, 3.05) is 18.0 Å².